The molecule has 2 heterocycles. The summed E-state index contributed by atoms with van der Waals surface area (Å²) in [4.78, 5) is 24.2. The van der Waals surface area contributed by atoms with Crippen LogP contribution in [0.1, 0.15) is 27.7 Å². The van der Waals surface area contributed by atoms with Gasteiger partial charge in [0.2, 0.25) is 0 Å². The maximum atomic E-state index is 12.1. The molecule has 0 radical (unpaired) electrons. The van der Waals surface area contributed by atoms with Gasteiger partial charge in [-0.1, -0.05) is 12.2 Å². The summed E-state index contributed by atoms with van der Waals surface area (Å²) >= 11 is 0. The van der Waals surface area contributed by atoms with Gasteiger partial charge in [0, 0.05) is 11.1 Å². The summed E-state index contributed by atoms with van der Waals surface area (Å²) in [5.74, 6) is -1.59. The number of allylic oxidation sites excluding steroid dienone is 2. The van der Waals surface area contributed by atoms with Crippen LogP contribution in [0, 0.1) is 0 Å². The molecule has 0 aromatic carbocycles. The van der Waals surface area contributed by atoms with Crippen molar-refractivity contribution in [3.05, 3.63) is 23.3 Å². The highest BCUT2D eigenvalue weighted by atomic mass is 16.8. The monoisotopic (exact) mass is 506 g/mol. The molecule has 0 spiro atoms. The molecule has 10 unspecified atom stereocenters. The number of carbonyl (C=O) groups is 2. The lowest BCUT2D eigenvalue weighted by Gasteiger charge is -2.45. The van der Waals surface area contributed by atoms with Crippen LogP contribution in [0.4, 0.5) is 0 Å². The maximum Gasteiger partial charge on any atom is 0.333 e. The van der Waals surface area contributed by atoms with E-state index in [0.29, 0.717) is 0 Å². The summed E-state index contributed by atoms with van der Waals surface area (Å²) in [7, 11) is 0. The number of ether oxygens (including phenoxy) is 5. The van der Waals surface area contributed by atoms with E-state index in [1.807, 2.05) is 0 Å². The van der Waals surface area contributed by atoms with Crippen molar-refractivity contribution in [2.75, 3.05) is 13.2 Å². The first-order valence-electron chi connectivity index (χ1n) is 11.1. The third-order valence-electron chi connectivity index (χ3n) is 5.91. The largest absolute Gasteiger partial charge is 0.453 e. The first-order valence-corrected chi connectivity index (χ1v) is 11.1. The molecular weight excluding hydrogens is 472 g/mol. The highest BCUT2D eigenvalue weighted by Crippen LogP contribution is 2.30. The van der Waals surface area contributed by atoms with Crippen molar-refractivity contribution in [1.82, 2.24) is 0 Å². The molecule has 200 valence electrons. The van der Waals surface area contributed by atoms with Gasteiger partial charge in [0.15, 0.2) is 24.8 Å². The normalized spacial score (nSPS) is 38.7. The van der Waals surface area contributed by atoms with Gasteiger partial charge >= 0.3 is 11.9 Å². The van der Waals surface area contributed by atoms with Gasteiger partial charge in [-0.2, -0.15) is 0 Å². The fraction of sp³-hybridized carbons (Fsp3) is 0.727. The summed E-state index contributed by atoms with van der Waals surface area (Å²) in [5, 5.41) is 61.3. The first-order chi connectivity index (χ1) is 16.5. The Morgan fingerprint density at radius 1 is 0.714 bits per heavy atom. The highest BCUT2D eigenvalue weighted by molar-refractivity contribution is 5.88. The molecule has 0 aromatic rings. The molecule has 2 fully saturated rings. The number of hydrogen-bond donors (Lipinski definition) is 6. The molecule has 0 aliphatic carbocycles. The second kappa shape index (κ2) is 12.9. The van der Waals surface area contributed by atoms with Crippen LogP contribution in [0.5, 0.6) is 0 Å². The van der Waals surface area contributed by atoms with E-state index in [0.717, 1.165) is 0 Å². The number of aliphatic hydroxyl groups is 6. The van der Waals surface area contributed by atoms with Crippen molar-refractivity contribution in [3.63, 3.8) is 0 Å². The van der Waals surface area contributed by atoms with Crippen LogP contribution in [0.3, 0.4) is 0 Å². The maximum absolute atomic E-state index is 12.1. The summed E-state index contributed by atoms with van der Waals surface area (Å²) in [5.41, 5.74) is 0.453. The molecule has 0 bridgehead atoms. The SMILES string of the molecule is CC=C(C)C(=O)OC1C(CO)OC(OC2OC(CO)C(OC(=O)C(C)=CC)C(O)C2O)C(O)C1O. The lowest BCUT2D eigenvalue weighted by Crippen LogP contribution is -2.64. The molecule has 13 heteroatoms. The number of aliphatic hydroxyl groups excluding tert-OH is 6. The topological polar surface area (TPSA) is 202 Å². The molecule has 2 rings (SSSR count). The van der Waals surface area contributed by atoms with Crippen LogP contribution in [0.25, 0.3) is 0 Å². The number of rotatable bonds is 8. The second-order valence-electron chi connectivity index (χ2n) is 8.23. The Hall–Kier alpha value is -1.94. The van der Waals surface area contributed by atoms with Crippen LogP contribution in [-0.2, 0) is 33.3 Å². The molecule has 0 aromatic heterocycles. The van der Waals surface area contributed by atoms with E-state index in [1.165, 1.54) is 26.0 Å². The van der Waals surface area contributed by atoms with E-state index in [-0.39, 0.29) is 11.1 Å². The van der Waals surface area contributed by atoms with Gasteiger partial charge in [-0.3, -0.25) is 0 Å². The fourth-order valence-corrected chi connectivity index (χ4v) is 3.42. The van der Waals surface area contributed by atoms with Crippen LogP contribution in [0.2, 0.25) is 0 Å². The predicted octanol–water partition coefficient (Wildman–Crippen LogP) is -2.36. The van der Waals surface area contributed by atoms with Crippen molar-refractivity contribution in [3.8, 4) is 0 Å². The molecule has 2 aliphatic heterocycles. The van der Waals surface area contributed by atoms with Crippen LogP contribution < -0.4 is 0 Å². The van der Waals surface area contributed by atoms with E-state index in [4.69, 9.17) is 23.7 Å². The Labute approximate surface area is 202 Å². The zero-order valence-electron chi connectivity index (χ0n) is 19.9. The summed E-state index contributed by atoms with van der Waals surface area (Å²) in [6.45, 7) is 4.70. The molecule has 6 N–H and O–H groups in total. The average molecular weight is 507 g/mol. The van der Waals surface area contributed by atoms with E-state index in [2.05, 4.69) is 0 Å². The zero-order chi connectivity index (χ0) is 26.4. The van der Waals surface area contributed by atoms with Gasteiger partial charge < -0.3 is 54.3 Å². The third-order valence-corrected chi connectivity index (χ3v) is 5.91. The van der Waals surface area contributed by atoms with Crippen LogP contribution >= 0.6 is 0 Å². The fourth-order valence-electron chi connectivity index (χ4n) is 3.42. The highest BCUT2D eigenvalue weighted by Gasteiger charge is 2.52. The third kappa shape index (κ3) is 6.64. The Morgan fingerprint density at radius 3 is 1.34 bits per heavy atom. The van der Waals surface area contributed by atoms with Gasteiger partial charge in [0.05, 0.1) is 13.2 Å². The van der Waals surface area contributed by atoms with Gasteiger partial charge in [0.1, 0.15) is 36.6 Å². The van der Waals surface area contributed by atoms with Gasteiger partial charge in [0.25, 0.3) is 0 Å². The van der Waals surface area contributed by atoms with Crippen molar-refractivity contribution < 1.29 is 63.9 Å². The Morgan fingerprint density at radius 2 is 1.06 bits per heavy atom. The Bertz CT molecular complexity index is 728. The van der Waals surface area contributed by atoms with E-state index >= 15 is 0 Å². The van der Waals surface area contributed by atoms with E-state index in [1.54, 1.807) is 13.8 Å². The molecule has 2 saturated heterocycles. The smallest absolute Gasteiger partial charge is 0.333 e. The molecule has 2 aliphatic rings. The molecule has 0 amide bonds. The summed E-state index contributed by atoms with van der Waals surface area (Å²) in [6, 6.07) is 0. The van der Waals surface area contributed by atoms with Crippen molar-refractivity contribution in [2.24, 2.45) is 0 Å². The van der Waals surface area contributed by atoms with Gasteiger partial charge in [-0.25, -0.2) is 9.59 Å². The van der Waals surface area contributed by atoms with Crippen LogP contribution in [-0.4, -0.2) is 117 Å². The van der Waals surface area contributed by atoms with Crippen molar-refractivity contribution >= 4 is 11.9 Å². The lowest BCUT2D eigenvalue weighted by molar-refractivity contribution is -0.376. The Balaban J connectivity index is 2.13. The molecule has 13 nitrogen and oxygen atoms in total. The zero-order valence-corrected chi connectivity index (χ0v) is 19.9. The first kappa shape index (κ1) is 29.3. The quantitative estimate of drug-likeness (QED) is 0.151. The Kier molecular flexibility index (Phi) is 10.8. The van der Waals surface area contributed by atoms with Gasteiger partial charge in [-0.15, -0.1) is 0 Å². The van der Waals surface area contributed by atoms with Crippen molar-refractivity contribution in [1.29, 1.82) is 0 Å². The average Bonchev–Trinajstić information content (AvgIpc) is 2.86. The molecule has 35 heavy (non-hydrogen) atoms. The van der Waals surface area contributed by atoms with Gasteiger partial charge in [-0.05, 0) is 27.7 Å². The minimum absolute atomic E-state index is 0.226. The molecular formula is C22H34O13. The summed E-state index contributed by atoms with van der Waals surface area (Å²) in [6.07, 6.45) is -13.1. The number of hydrogen-bond acceptors (Lipinski definition) is 13. The standard InChI is InChI=1S/C22H34O13/c1-5-9(3)19(29)33-17-11(7-23)31-21(15(27)13(17)25)35-22-16(28)14(26)18(12(8-24)32-22)34-20(30)10(4)6-2/h5-6,11-18,21-28H,7-8H2,1-4H3. The minimum atomic E-state index is -1.82. The number of esters is 2. The molecule has 10 atom stereocenters. The number of carbonyl (C=O) groups excluding carboxylic acids is 2. The summed E-state index contributed by atoms with van der Waals surface area (Å²) < 4.78 is 26.6. The molecule has 0 saturated carbocycles. The van der Waals surface area contributed by atoms with E-state index < -0.39 is 86.6 Å². The second-order valence-corrected chi connectivity index (χ2v) is 8.23. The van der Waals surface area contributed by atoms with E-state index in [9.17, 15) is 40.2 Å². The van der Waals surface area contributed by atoms with Crippen LogP contribution in [0.15, 0.2) is 23.3 Å². The lowest BCUT2D eigenvalue weighted by atomic mass is 9.97. The predicted molar refractivity (Wildman–Crippen MR) is 115 cm³/mol. The minimum Gasteiger partial charge on any atom is -0.453 e. The van der Waals surface area contributed by atoms with Crippen molar-refractivity contribution in [2.45, 2.75) is 89.1 Å².